The number of rotatable bonds is 3. The Hall–Kier alpha value is -1.16. The van der Waals surface area contributed by atoms with E-state index in [2.05, 4.69) is 30.7 Å². The van der Waals surface area contributed by atoms with Crippen LogP contribution in [0, 0.1) is 11.3 Å². The first-order valence-electron chi connectivity index (χ1n) is 9.60. The Morgan fingerprint density at radius 2 is 2.00 bits per heavy atom. The minimum Gasteiger partial charge on any atom is -0.356 e. The summed E-state index contributed by atoms with van der Waals surface area (Å²) in [6.07, 6.45) is 10.7. The zero-order valence-corrected chi connectivity index (χ0v) is 16.1. The van der Waals surface area contributed by atoms with Gasteiger partial charge in [0, 0.05) is 18.0 Å². The van der Waals surface area contributed by atoms with E-state index in [0.29, 0.717) is 5.41 Å². The number of aryl methyl sites for hydroxylation is 1. The second kappa shape index (κ2) is 6.29. The fourth-order valence-corrected chi connectivity index (χ4v) is 5.57. The molecule has 3 nitrogen and oxygen atoms in total. The first-order valence-corrected chi connectivity index (χ1v) is 10.4. The van der Waals surface area contributed by atoms with Crippen LogP contribution in [0.15, 0.2) is 6.33 Å². The van der Waals surface area contributed by atoms with Gasteiger partial charge in [0.1, 0.15) is 17.0 Å². The molecule has 24 heavy (non-hydrogen) atoms. The second-order valence-electron chi connectivity index (χ2n) is 8.21. The highest BCUT2D eigenvalue weighted by Gasteiger charge is 2.34. The molecule has 1 fully saturated rings. The summed E-state index contributed by atoms with van der Waals surface area (Å²) in [5.74, 6) is 1.99. The standard InChI is InChI=1S/C20H29N3S/c1-4-20(2,3)14-8-9-16-15(12-14)17-18(21-13-22-19(17)24-16)23-10-6-5-7-11-23/h13-14H,4-12H2,1-3H3. The van der Waals surface area contributed by atoms with Gasteiger partial charge in [-0.05, 0) is 55.4 Å². The van der Waals surface area contributed by atoms with Gasteiger partial charge in [-0.2, -0.15) is 0 Å². The average molecular weight is 344 g/mol. The number of piperidine rings is 1. The summed E-state index contributed by atoms with van der Waals surface area (Å²) in [6, 6.07) is 0. The number of anilines is 1. The lowest BCUT2D eigenvalue weighted by molar-refractivity contribution is 0.184. The van der Waals surface area contributed by atoms with Crippen LogP contribution in [-0.2, 0) is 12.8 Å². The summed E-state index contributed by atoms with van der Waals surface area (Å²) >= 11 is 1.92. The van der Waals surface area contributed by atoms with Crippen molar-refractivity contribution in [3.8, 4) is 0 Å². The fourth-order valence-electron chi connectivity index (χ4n) is 4.39. The average Bonchev–Trinajstić information content (AvgIpc) is 3.00. The Morgan fingerprint density at radius 3 is 2.75 bits per heavy atom. The molecular formula is C20H29N3S. The maximum absolute atomic E-state index is 4.74. The second-order valence-corrected chi connectivity index (χ2v) is 9.29. The van der Waals surface area contributed by atoms with Crippen LogP contribution in [0.1, 0.15) is 63.3 Å². The lowest BCUT2D eigenvalue weighted by Crippen LogP contribution is -2.31. The van der Waals surface area contributed by atoms with Gasteiger partial charge in [0.25, 0.3) is 0 Å². The Kier molecular flexibility index (Phi) is 4.27. The van der Waals surface area contributed by atoms with Crippen molar-refractivity contribution in [2.24, 2.45) is 11.3 Å². The summed E-state index contributed by atoms with van der Waals surface area (Å²) in [4.78, 5) is 14.7. The van der Waals surface area contributed by atoms with Crippen molar-refractivity contribution >= 4 is 27.4 Å². The monoisotopic (exact) mass is 343 g/mol. The molecule has 4 rings (SSSR count). The van der Waals surface area contributed by atoms with Crippen LogP contribution in [0.2, 0.25) is 0 Å². The number of nitrogens with zero attached hydrogens (tertiary/aromatic N) is 3. The molecule has 0 radical (unpaired) electrons. The highest BCUT2D eigenvalue weighted by molar-refractivity contribution is 7.19. The predicted molar refractivity (Wildman–Crippen MR) is 103 cm³/mol. The molecule has 0 N–H and O–H groups in total. The van der Waals surface area contributed by atoms with E-state index in [4.69, 9.17) is 4.98 Å². The largest absolute Gasteiger partial charge is 0.356 e. The van der Waals surface area contributed by atoms with Gasteiger partial charge in [-0.15, -0.1) is 11.3 Å². The van der Waals surface area contributed by atoms with Crippen molar-refractivity contribution in [3.63, 3.8) is 0 Å². The number of aromatic nitrogens is 2. The highest BCUT2D eigenvalue weighted by atomic mass is 32.1. The normalized spacial score (nSPS) is 22.0. The van der Waals surface area contributed by atoms with Gasteiger partial charge >= 0.3 is 0 Å². The zero-order chi connectivity index (χ0) is 16.7. The molecule has 1 unspecified atom stereocenters. The molecule has 0 saturated carbocycles. The molecule has 4 heteroatoms. The molecule has 0 spiro atoms. The third-order valence-electron chi connectivity index (χ3n) is 6.49. The van der Waals surface area contributed by atoms with E-state index in [9.17, 15) is 0 Å². The minimum atomic E-state index is 0.423. The predicted octanol–water partition coefficient (Wildman–Crippen LogP) is 5.22. The molecule has 3 heterocycles. The van der Waals surface area contributed by atoms with Crippen molar-refractivity contribution in [2.75, 3.05) is 18.0 Å². The van der Waals surface area contributed by atoms with Crippen LogP contribution in [0.3, 0.4) is 0 Å². The molecule has 0 aromatic carbocycles. The van der Waals surface area contributed by atoms with Crippen molar-refractivity contribution in [1.29, 1.82) is 0 Å². The van der Waals surface area contributed by atoms with Gasteiger partial charge in [0.2, 0.25) is 0 Å². The number of hydrogen-bond acceptors (Lipinski definition) is 4. The summed E-state index contributed by atoms with van der Waals surface area (Å²) in [6.45, 7) is 9.53. The van der Waals surface area contributed by atoms with Gasteiger partial charge in [0.05, 0.1) is 5.39 Å². The Balaban J connectivity index is 1.77. The topological polar surface area (TPSA) is 29.0 Å². The first kappa shape index (κ1) is 16.3. The molecule has 1 aliphatic carbocycles. The van der Waals surface area contributed by atoms with Crippen molar-refractivity contribution < 1.29 is 0 Å². The van der Waals surface area contributed by atoms with E-state index >= 15 is 0 Å². The van der Waals surface area contributed by atoms with Crippen LogP contribution >= 0.6 is 11.3 Å². The van der Waals surface area contributed by atoms with Crippen LogP contribution in [0.5, 0.6) is 0 Å². The van der Waals surface area contributed by atoms with E-state index in [0.717, 1.165) is 19.0 Å². The molecule has 130 valence electrons. The van der Waals surface area contributed by atoms with Crippen LogP contribution in [0.25, 0.3) is 10.2 Å². The van der Waals surface area contributed by atoms with Gasteiger partial charge in [-0.1, -0.05) is 27.2 Å². The minimum absolute atomic E-state index is 0.423. The molecule has 1 atom stereocenters. The molecule has 0 bridgehead atoms. The third-order valence-corrected chi connectivity index (χ3v) is 7.69. The maximum Gasteiger partial charge on any atom is 0.141 e. The van der Waals surface area contributed by atoms with Crippen LogP contribution < -0.4 is 4.90 Å². The van der Waals surface area contributed by atoms with Crippen molar-refractivity contribution in [1.82, 2.24) is 9.97 Å². The van der Waals surface area contributed by atoms with Gasteiger partial charge < -0.3 is 4.90 Å². The number of thiophene rings is 1. The fraction of sp³-hybridized carbons (Fsp3) is 0.700. The summed E-state index contributed by atoms with van der Waals surface area (Å²) in [5, 5.41) is 1.39. The molecule has 2 aliphatic rings. The first-order chi connectivity index (χ1) is 11.6. The number of hydrogen-bond donors (Lipinski definition) is 0. The van der Waals surface area contributed by atoms with E-state index in [-0.39, 0.29) is 0 Å². The highest BCUT2D eigenvalue weighted by Crippen LogP contribution is 2.46. The smallest absolute Gasteiger partial charge is 0.141 e. The molecule has 2 aromatic rings. The molecule has 0 amide bonds. The van der Waals surface area contributed by atoms with Crippen molar-refractivity contribution in [2.45, 2.75) is 65.7 Å². The van der Waals surface area contributed by atoms with Crippen LogP contribution in [-0.4, -0.2) is 23.1 Å². The van der Waals surface area contributed by atoms with Gasteiger partial charge in [-0.3, -0.25) is 0 Å². The third kappa shape index (κ3) is 2.73. The Labute approximate surface area is 149 Å². The molecule has 1 aliphatic heterocycles. The molecule has 2 aromatic heterocycles. The lowest BCUT2D eigenvalue weighted by atomic mass is 9.69. The Morgan fingerprint density at radius 1 is 1.21 bits per heavy atom. The van der Waals surface area contributed by atoms with E-state index in [1.165, 1.54) is 61.0 Å². The lowest BCUT2D eigenvalue weighted by Gasteiger charge is -2.36. The zero-order valence-electron chi connectivity index (χ0n) is 15.3. The quantitative estimate of drug-likeness (QED) is 0.765. The number of fused-ring (bicyclic) bond motifs is 3. The molecular weight excluding hydrogens is 314 g/mol. The van der Waals surface area contributed by atoms with E-state index < -0.39 is 0 Å². The van der Waals surface area contributed by atoms with Crippen molar-refractivity contribution in [3.05, 3.63) is 16.8 Å². The Bertz CT molecular complexity index is 728. The van der Waals surface area contributed by atoms with Crippen LogP contribution in [0.4, 0.5) is 5.82 Å². The van der Waals surface area contributed by atoms with Gasteiger partial charge in [-0.25, -0.2) is 9.97 Å². The van der Waals surface area contributed by atoms with Gasteiger partial charge in [0.15, 0.2) is 0 Å². The maximum atomic E-state index is 4.74. The summed E-state index contributed by atoms with van der Waals surface area (Å²) in [5.41, 5.74) is 2.00. The summed E-state index contributed by atoms with van der Waals surface area (Å²) in [7, 11) is 0. The SMILES string of the molecule is CCC(C)(C)C1CCc2sc3ncnc(N4CCCCC4)c3c2C1. The van der Waals surface area contributed by atoms with E-state index in [1.54, 1.807) is 16.8 Å². The summed E-state index contributed by atoms with van der Waals surface area (Å²) < 4.78 is 0. The molecule has 1 saturated heterocycles. The van der Waals surface area contributed by atoms with E-state index in [1.807, 2.05) is 11.3 Å².